The lowest BCUT2D eigenvalue weighted by atomic mass is 9.67. The van der Waals surface area contributed by atoms with Gasteiger partial charge in [-0.05, 0) is 55.7 Å². The second kappa shape index (κ2) is 6.50. The lowest BCUT2D eigenvalue weighted by molar-refractivity contribution is -0.0874. The van der Waals surface area contributed by atoms with Crippen molar-refractivity contribution in [3.8, 4) is 0 Å². The van der Waals surface area contributed by atoms with Crippen molar-refractivity contribution >= 4 is 0 Å². The zero-order valence-corrected chi connectivity index (χ0v) is 14.3. The summed E-state index contributed by atoms with van der Waals surface area (Å²) in [7, 11) is 1.89. The molecule has 21 heavy (non-hydrogen) atoms. The third-order valence-corrected chi connectivity index (χ3v) is 5.29. The highest BCUT2D eigenvalue weighted by atomic mass is 16.5. The van der Waals surface area contributed by atoms with E-state index in [1.165, 1.54) is 24.0 Å². The maximum absolute atomic E-state index is 6.13. The molecular formula is C19H31NO. The van der Waals surface area contributed by atoms with Crippen LogP contribution in [0.1, 0.15) is 63.6 Å². The van der Waals surface area contributed by atoms with Crippen LogP contribution >= 0.6 is 0 Å². The Balaban J connectivity index is 2.34. The molecule has 1 N–H and O–H groups in total. The molecule has 0 bridgehead atoms. The van der Waals surface area contributed by atoms with Gasteiger partial charge in [0.1, 0.15) is 0 Å². The van der Waals surface area contributed by atoms with Crippen molar-refractivity contribution < 1.29 is 4.74 Å². The molecule has 0 saturated heterocycles. The fraction of sp³-hybridized carbons (Fsp3) is 0.684. The summed E-state index contributed by atoms with van der Waals surface area (Å²) in [5.41, 5.74) is 3.12. The Morgan fingerprint density at radius 3 is 2.29 bits per heavy atom. The summed E-state index contributed by atoms with van der Waals surface area (Å²) in [6, 6.07) is 9.00. The van der Waals surface area contributed by atoms with E-state index in [4.69, 9.17) is 4.74 Å². The van der Waals surface area contributed by atoms with E-state index < -0.39 is 0 Å². The minimum Gasteiger partial charge on any atom is -0.376 e. The van der Waals surface area contributed by atoms with Crippen LogP contribution < -0.4 is 5.32 Å². The molecule has 0 aromatic heterocycles. The van der Waals surface area contributed by atoms with Crippen molar-refractivity contribution in [2.24, 2.45) is 5.41 Å². The van der Waals surface area contributed by atoms with Crippen LogP contribution in [-0.2, 0) is 4.74 Å². The zero-order valence-electron chi connectivity index (χ0n) is 14.3. The van der Waals surface area contributed by atoms with E-state index in [9.17, 15) is 0 Å². The molecule has 1 aromatic rings. The summed E-state index contributed by atoms with van der Waals surface area (Å²) in [6.45, 7) is 10.1. The number of methoxy groups -OCH3 is 1. The van der Waals surface area contributed by atoms with E-state index in [0.717, 1.165) is 19.4 Å². The highest BCUT2D eigenvalue weighted by Gasteiger charge is 2.44. The highest BCUT2D eigenvalue weighted by molar-refractivity contribution is 5.31. The van der Waals surface area contributed by atoms with Crippen molar-refractivity contribution in [1.82, 2.24) is 5.32 Å². The molecule has 2 heteroatoms. The van der Waals surface area contributed by atoms with Crippen molar-refractivity contribution in [3.63, 3.8) is 0 Å². The number of benzene rings is 1. The lowest BCUT2D eigenvalue weighted by Gasteiger charge is -2.47. The highest BCUT2D eigenvalue weighted by Crippen LogP contribution is 2.47. The molecule has 0 spiro atoms. The standard InChI is InChI=1S/C19H31NO/c1-6-20-17(16-10-8-7-9-15(16)2)19(21-5)13-11-18(3,4)12-14-19/h7-10,17,20H,6,11-14H2,1-5H3. The minimum atomic E-state index is -0.0718. The normalized spacial score (nSPS) is 22.0. The molecule has 1 aliphatic carbocycles. The van der Waals surface area contributed by atoms with E-state index in [2.05, 4.69) is 57.3 Å². The van der Waals surface area contributed by atoms with Crippen LogP contribution in [0.25, 0.3) is 0 Å². The fourth-order valence-corrected chi connectivity index (χ4v) is 3.65. The van der Waals surface area contributed by atoms with Crippen LogP contribution in [0.3, 0.4) is 0 Å². The Morgan fingerprint density at radius 1 is 1.14 bits per heavy atom. The van der Waals surface area contributed by atoms with Gasteiger partial charge in [-0.1, -0.05) is 45.0 Å². The first-order chi connectivity index (χ1) is 9.94. The average molecular weight is 289 g/mol. The molecule has 1 atom stereocenters. The van der Waals surface area contributed by atoms with E-state index >= 15 is 0 Å². The molecule has 2 rings (SSSR count). The van der Waals surface area contributed by atoms with Gasteiger partial charge in [0.15, 0.2) is 0 Å². The third kappa shape index (κ3) is 3.49. The van der Waals surface area contributed by atoms with Gasteiger partial charge in [0.05, 0.1) is 11.6 Å². The topological polar surface area (TPSA) is 21.3 Å². The molecule has 1 saturated carbocycles. The molecule has 1 fully saturated rings. The van der Waals surface area contributed by atoms with Gasteiger partial charge in [-0.2, -0.15) is 0 Å². The van der Waals surface area contributed by atoms with Gasteiger partial charge in [-0.15, -0.1) is 0 Å². The van der Waals surface area contributed by atoms with Crippen molar-refractivity contribution in [2.45, 2.75) is 65.0 Å². The Hall–Kier alpha value is -0.860. The molecule has 118 valence electrons. The van der Waals surface area contributed by atoms with E-state index in [-0.39, 0.29) is 11.6 Å². The summed E-state index contributed by atoms with van der Waals surface area (Å²) in [4.78, 5) is 0. The SMILES string of the molecule is CCNC(c1ccccc1C)C1(OC)CCC(C)(C)CC1. The van der Waals surface area contributed by atoms with Gasteiger partial charge in [-0.25, -0.2) is 0 Å². The first-order valence-electron chi connectivity index (χ1n) is 8.28. The Labute approximate surface area is 130 Å². The van der Waals surface area contributed by atoms with Crippen LogP contribution in [0.5, 0.6) is 0 Å². The summed E-state index contributed by atoms with van der Waals surface area (Å²) in [6.07, 6.45) is 4.72. The van der Waals surface area contributed by atoms with Crippen LogP contribution in [0.2, 0.25) is 0 Å². The monoisotopic (exact) mass is 289 g/mol. The van der Waals surface area contributed by atoms with E-state index in [1.54, 1.807) is 0 Å². The summed E-state index contributed by atoms with van der Waals surface area (Å²) in [5.74, 6) is 0. The largest absolute Gasteiger partial charge is 0.376 e. The maximum atomic E-state index is 6.13. The smallest absolute Gasteiger partial charge is 0.0873 e. The quantitative estimate of drug-likeness (QED) is 0.853. The first-order valence-corrected chi connectivity index (χ1v) is 8.28. The van der Waals surface area contributed by atoms with E-state index in [0.29, 0.717) is 5.41 Å². The van der Waals surface area contributed by atoms with Crippen molar-refractivity contribution in [2.75, 3.05) is 13.7 Å². The molecule has 0 heterocycles. The second-order valence-corrected chi connectivity index (χ2v) is 7.28. The summed E-state index contributed by atoms with van der Waals surface area (Å²) >= 11 is 0. The van der Waals surface area contributed by atoms with Crippen LogP contribution in [-0.4, -0.2) is 19.3 Å². The average Bonchev–Trinajstić information content (AvgIpc) is 2.47. The van der Waals surface area contributed by atoms with Gasteiger partial charge in [0, 0.05) is 7.11 Å². The Morgan fingerprint density at radius 2 is 1.76 bits per heavy atom. The van der Waals surface area contributed by atoms with Gasteiger partial charge in [-0.3, -0.25) is 0 Å². The third-order valence-electron chi connectivity index (χ3n) is 5.29. The minimum absolute atomic E-state index is 0.0718. The zero-order chi connectivity index (χ0) is 15.5. The predicted molar refractivity (Wildman–Crippen MR) is 89.6 cm³/mol. The van der Waals surface area contributed by atoms with Gasteiger partial charge in [0.25, 0.3) is 0 Å². The van der Waals surface area contributed by atoms with Crippen molar-refractivity contribution in [3.05, 3.63) is 35.4 Å². The van der Waals surface area contributed by atoms with Crippen LogP contribution in [0.4, 0.5) is 0 Å². The number of hydrogen-bond acceptors (Lipinski definition) is 2. The van der Waals surface area contributed by atoms with Gasteiger partial charge >= 0.3 is 0 Å². The lowest BCUT2D eigenvalue weighted by Crippen LogP contribution is -2.49. The number of hydrogen-bond donors (Lipinski definition) is 1. The van der Waals surface area contributed by atoms with Crippen LogP contribution in [0, 0.1) is 12.3 Å². The molecule has 1 aliphatic rings. The van der Waals surface area contributed by atoms with Gasteiger partial charge < -0.3 is 10.1 Å². The fourth-order valence-electron chi connectivity index (χ4n) is 3.65. The molecular weight excluding hydrogens is 258 g/mol. The van der Waals surface area contributed by atoms with Crippen LogP contribution in [0.15, 0.2) is 24.3 Å². The predicted octanol–water partition coefficient (Wildman–Crippen LogP) is 4.63. The second-order valence-electron chi connectivity index (χ2n) is 7.28. The summed E-state index contributed by atoms with van der Waals surface area (Å²) in [5, 5.41) is 3.70. The Bertz CT molecular complexity index is 456. The number of rotatable bonds is 5. The van der Waals surface area contributed by atoms with Gasteiger partial charge in [0.2, 0.25) is 0 Å². The molecule has 2 nitrogen and oxygen atoms in total. The van der Waals surface area contributed by atoms with E-state index in [1.807, 2.05) is 7.11 Å². The summed E-state index contributed by atoms with van der Waals surface area (Å²) < 4.78 is 6.13. The van der Waals surface area contributed by atoms with Crippen molar-refractivity contribution in [1.29, 1.82) is 0 Å². The number of ether oxygens (including phenoxy) is 1. The Kier molecular flexibility index (Phi) is 5.11. The number of likely N-dealkylation sites (N-methyl/N-ethyl adjacent to an activating group) is 1. The number of nitrogens with one attached hydrogen (secondary N) is 1. The molecule has 0 amide bonds. The molecule has 1 aromatic carbocycles. The maximum Gasteiger partial charge on any atom is 0.0873 e. The molecule has 0 radical (unpaired) electrons. The first kappa shape index (κ1) is 16.5. The molecule has 0 aliphatic heterocycles. The number of aryl methyl sites for hydroxylation is 1. The molecule has 1 unspecified atom stereocenters.